The Morgan fingerprint density at radius 3 is 2.39 bits per heavy atom. The number of rotatable bonds is 11. The van der Waals surface area contributed by atoms with Crippen LogP contribution in [0.4, 0.5) is 0 Å². The Bertz CT molecular complexity index is 539. The molecule has 1 aliphatic rings. The Balaban J connectivity index is 2.43. The van der Waals surface area contributed by atoms with Gasteiger partial charge < -0.3 is 30.3 Å². The molecule has 1 rings (SSSR count). The molecule has 5 N–H and O–H groups in total. The molecule has 5 atom stereocenters. The van der Waals surface area contributed by atoms with Crippen molar-refractivity contribution < 1.29 is 30.3 Å². The molecule has 0 aromatic rings. The molecule has 0 aromatic carbocycles. The first-order chi connectivity index (χ1) is 13.0. The number of allylic oxidation sites excluding steroid dienone is 3. The molecule has 0 spiro atoms. The first-order valence-electron chi connectivity index (χ1n) is 10.3. The predicted octanol–water partition coefficient (Wildman–Crippen LogP) is 1.94. The lowest BCUT2D eigenvalue weighted by Crippen LogP contribution is -2.47. The van der Waals surface area contributed by atoms with Gasteiger partial charge in [0, 0.05) is 0 Å². The van der Waals surface area contributed by atoms with E-state index in [1.54, 1.807) is 5.57 Å². The molecule has 0 heterocycles. The van der Waals surface area contributed by atoms with Crippen molar-refractivity contribution in [3.05, 3.63) is 22.8 Å². The third kappa shape index (κ3) is 6.94. The number of ether oxygens (including phenoxy) is 1. The molecular weight excluding hydrogens is 360 g/mol. The zero-order valence-electron chi connectivity index (χ0n) is 18.1. The second-order valence-electron chi connectivity index (χ2n) is 8.81. The number of hydrogen-bond acceptors (Lipinski definition) is 6. The molecule has 0 fully saturated rings. The lowest BCUT2D eigenvalue weighted by Gasteiger charge is -2.40. The monoisotopic (exact) mass is 400 g/mol. The van der Waals surface area contributed by atoms with E-state index in [4.69, 9.17) is 9.84 Å². The van der Waals surface area contributed by atoms with Crippen LogP contribution >= 0.6 is 0 Å². The molecule has 6 nitrogen and oxygen atoms in total. The molecule has 0 saturated heterocycles. The summed E-state index contributed by atoms with van der Waals surface area (Å²) in [5, 5.41) is 47.2. The van der Waals surface area contributed by atoms with Gasteiger partial charge in [0.05, 0.1) is 19.8 Å². The highest BCUT2D eigenvalue weighted by molar-refractivity contribution is 5.24. The molecule has 6 heteroatoms. The predicted molar refractivity (Wildman–Crippen MR) is 110 cm³/mol. The average molecular weight is 401 g/mol. The standard InChI is InChI=1S/C22H40O6/c1-14(6-9-17-15(2)7-8-16(3)22(17,4)5)10-11-28-13-19(25)21(27)20(26)18(24)12-23/h10,16,18-21,23-27H,6-9,11-13H2,1-5H3. The van der Waals surface area contributed by atoms with Crippen LogP contribution in [0.2, 0.25) is 0 Å². The van der Waals surface area contributed by atoms with E-state index in [1.165, 1.54) is 24.0 Å². The van der Waals surface area contributed by atoms with Crippen molar-refractivity contribution in [2.24, 2.45) is 11.3 Å². The highest BCUT2D eigenvalue weighted by atomic mass is 16.5. The lowest BCUT2D eigenvalue weighted by molar-refractivity contribution is -0.127. The van der Waals surface area contributed by atoms with Gasteiger partial charge in [-0.05, 0) is 50.9 Å². The van der Waals surface area contributed by atoms with Gasteiger partial charge in [0.15, 0.2) is 0 Å². The molecule has 0 bridgehead atoms. The minimum absolute atomic E-state index is 0.172. The van der Waals surface area contributed by atoms with Crippen LogP contribution in [0.3, 0.4) is 0 Å². The van der Waals surface area contributed by atoms with Crippen LogP contribution < -0.4 is 0 Å². The topological polar surface area (TPSA) is 110 Å². The SMILES string of the molecule is CC(=CCOCC(O)C(O)C(O)C(O)CO)CCC1=C(C)CCC(C)C1(C)C. The van der Waals surface area contributed by atoms with Gasteiger partial charge >= 0.3 is 0 Å². The van der Waals surface area contributed by atoms with Gasteiger partial charge in [0.25, 0.3) is 0 Å². The Kier molecular flexibility index (Phi) is 10.3. The Hall–Kier alpha value is -0.760. The van der Waals surface area contributed by atoms with Crippen molar-refractivity contribution in [2.45, 2.75) is 84.7 Å². The summed E-state index contributed by atoms with van der Waals surface area (Å²) in [6.07, 6.45) is 0.339. The van der Waals surface area contributed by atoms with Crippen LogP contribution in [0, 0.1) is 11.3 Å². The maximum absolute atomic E-state index is 9.83. The lowest BCUT2D eigenvalue weighted by atomic mass is 9.65. The zero-order chi connectivity index (χ0) is 21.5. The first kappa shape index (κ1) is 25.3. The fourth-order valence-corrected chi connectivity index (χ4v) is 3.80. The zero-order valence-corrected chi connectivity index (χ0v) is 18.1. The van der Waals surface area contributed by atoms with E-state index in [9.17, 15) is 20.4 Å². The normalized spacial score (nSPS) is 24.8. The van der Waals surface area contributed by atoms with Crippen LogP contribution in [-0.4, -0.2) is 69.8 Å². The van der Waals surface area contributed by atoms with Crippen molar-refractivity contribution in [2.75, 3.05) is 19.8 Å². The highest BCUT2D eigenvalue weighted by Crippen LogP contribution is 2.46. The fraction of sp³-hybridized carbons (Fsp3) is 0.818. The van der Waals surface area contributed by atoms with E-state index in [-0.39, 0.29) is 12.0 Å². The highest BCUT2D eigenvalue weighted by Gasteiger charge is 2.34. The summed E-state index contributed by atoms with van der Waals surface area (Å²) in [6.45, 7) is 10.8. The van der Waals surface area contributed by atoms with Gasteiger partial charge in [0.2, 0.25) is 0 Å². The van der Waals surface area contributed by atoms with Gasteiger partial charge in [-0.1, -0.05) is 43.6 Å². The maximum atomic E-state index is 9.83. The van der Waals surface area contributed by atoms with Gasteiger partial charge in [-0.15, -0.1) is 0 Å². The van der Waals surface area contributed by atoms with E-state index in [0.717, 1.165) is 12.8 Å². The summed E-state index contributed by atoms with van der Waals surface area (Å²) in [4.78, 5) is 0. The van der Waals surface area contributed by atoms with Crippen LogP contribution in [0.25, 0.3) is 0 Å². The average Bonchev–Trinajstić information content (AvgIpc) is 2.66. The van der Waals surface area contributed by atoms with E-state index >= 15 is 0 Å². The number of hydrogen-bond donors (Lipinski definition) is 5. The minimum atomic E-state index is -1.63. The summed E-state index contributed by atoms with van der Waals surface area (Å²) in [7, 11) is 0. The van der Waals surface area contributed by atoms with E-state index in [1.807, 2.05) is 6.08 Å². The third-order valence-corrected chi connectivity index (χ3v) is 6.41. The fourth-order valence-electron chi connectivity index (χ4n) is 3.80. The second kappa shape index (κ2) is 11.4. The largest absolute Gasteiger partial charge is 0.394 e. The molecule has 5 unspecified atom stereocenters. The molecule has 164 valence electrons. The smallest absolute Gasteiger partial charge is 0.111 e. The summed E-state index contributed by atoms with van der Waals surface area (Å²) in [5.41, 5.74) is 4.53. The van der Waals surface area contributed by atoms with Crippen molar-refractivity contribution in [3.63, 3.8) is 0 Å². The molecule has 0 aliphatic heterocycles. The Morgan fingerprint density at radius 1 is 1.18 bits per heavy atom. The minimum Gasteiger partial charge on any atom is -0.394 e. The van der Waals surface area contributed by atoms with Gasteiger partial charge in [-0.2, -0.15) is 0 Å². The quantitative estimate of drug-likeness (QED) is 0.268. The summed E-state index contributed by atoms with van der Waals surface area (Å²) in [5.74, 6) is 0.687. The second-order valence-corrected chi connectivity index (χ2v) is 8.81. The number of aliphatic hydroxyl groups is 5. The molecule has 28 heavy (non-hydrogen) atoms. The summed E-state index contributed by atoms with van der Waals surface area (Å²) < 4.78 is 5.37. The molecule has 0 radical (unpaired) electrons. The Morgan fingerprint density at radius 2 is 1.79 bits per heavy atom. The third-order valence-electron chi connectivity index (χ3n) is 6.41. The van der Waals surface area contributed by atoms with Crippen molar-refractivity contribution in [3.8, 4) is 0 Å². The first-order valence-corrected chi connectivity index (χ1v) is 10.3. The maximum Gasteiger partial charge on any atom is 0.111 e. The van der Waals surface area contributed by atoms with Crippen LogP contribution in [0.5, 0.6) is 0 Å². The Labute approximate surface area is 169 Å². The van der Waals surface area contributed by atoms with Gasteiger partial charge in [-0.3, -0.25) is 0 Å². The van der Waals surface area contributed by atoms with Gasteiger partial charge in [0.1, 0.15) is 24.4 Å². The molecule has 1 aliphatic carbocycles. The summed E-state index contributed by atoms with van der Waals surface area (Å²) >= 11 is 0. The molecular formula is C22H40O6. The summed E-state index contributed by atoms with van der Waals surface area (Å²) in [6, 6.07) is 0. The number of aliphatic hydroxyl groups excluding tert-OH is 5. The van der Waals surface area contributed by atoms with E-state index in [0.29, 0.717) is 12.5 Å². The van der Waals surface area contributed by atoms with E-state index < -0.39 is 31.0 Å². The van der Waals surface area contributed by atoms with Crippen molar-refractivity contribution >= 4 is 0 Å². The van der Waals surface area contributed by atoms with Crippen molar-refractivity contribution in [1.82, 2.24) is 0 Å². The molecule has 0 amide bonds. The van der Waals surface area contributed by atoms with E-state index in [2.05, 4.69) is 34.6 Å². The van der Waals surface area contributed by atoms with Crippen LogP contribution in [-0.2, 0) is 4.74 Å². The van der Waals surface area contributed by atoms with Crippen LogP contribution in [0.1, 0.15) is 60.3 Å². The van der Waals surface area contributed by atoms with Crippen LogP contribution in [0.15, 0.2) is 22.8 Å². The van der Waals surface area contributed by atoms with Crippen molar-refractivity contribution in [1.29, 1.82) is 0 Å². The molecule has 0 aromatic heterocycles. The molecule has 0 saturated carbocycles. The van der Waals surface area contributed by atoms with Gasteiger partial charge in [-0.25, -0.2) is 0 Å².